The van der Waals surface area contributed by atoms with Crippen LogP contribution in [0.1, 0.15) is 274 Å². The predicted octanol–water partition coefficient (Wildman–Crippen LogP) is 15.1. The third-order valence-electron chi connectivity index (χ3n) is 19.3. The summed E-state index contributed by atoms with van der Waals surface area (Å²) in [5.74, 6) is -1.19. The number of carboxylic acids is 2. The normalized spacial score (nSPS) is 22.7. The standard InChI is InChI=1S/2C15H26O3.2C13H24O3.C6H12O2.C5H10O2/c1-4-14(2,3)13(16)18-15(9-5-6-10-15)12-8-7-11-17-12;1-4-14(2,3)13(16)18-15(8-5-6-9-15)12-7-10-17-11-12;1-6-12(2,3)11(14)16-13(4,5)10-7-8-15-9-10;1-6-12(2,3)11(14)16-13(4,5)10-8-7-9-15-10;1-4-6(2,3)5(7)8;1-3-4(2)5(6)7/h2*12H,4-11H2,1-3H3;2*10H,6-9H2,1-5H3;4H2,1-3H3,(H,7,8);4H,3H2,1-2H3,(H,6,7). The summed E-state index contributed by atoms with van der Waals surface area (Å²) in [4.78, 5) is 68.9. The zero-order chi connectivity index (χ0) is 63.9. The van der Waals surface area contributed by atoms with Crippen LogP contribution in [0.5, 0.6) is 0 Å². The van der Waals surface area contributed by atoms with E-state index in [1.54, 1.807) is 20.8 Å². The Bertz CT molecular complexity index is 1830. The van der Waals surface area contributed by atoms with Crippen LogP contribution in [-0.4, -0.2) is 120 Å². The van der Waals surface area contributed by atoms with Gasteiger partial charge in [0.1, 0.15) is 22.4 Å². The Morgan fingerprint density at radius 2 is 0.867 bits per heavy atom. The Morgan fingerprint density at radius 1 is 0.470 bits per heavy atom. The molecule has 0 spiro atoms. The molecule has 2 saturated carbocycles. The van der Waals surface area contributed by atoms with Crippen molar-refractivity contribution in [2.75, 3.05) is 39.6 Å². The van der Waals surface area contributed by atoms with Crippen molar-refractivity contribution in [3.8, 4) is 0 Å². The smallest absolute Gasteiger partial charge is 0.312 e. The molecule has 2 N–H and O–H groups in total. The summed E-state index contributed by atoms with van der Waals surface area (Å²) < 4.78 is 45.5. The minimum atomic E-state index is -0.722. The first-order valence-corrected chi connectivity index (χ1v) is 32.1. The molecule has 4 saturated heterocycles. The molecule has 5 atom stereocenters. The predicted molar refractivity (Wildman–Crippen MR) is 326 cm³/mol. The minimum Gasteiger partial charge on any atom is -0.481 e. The van der Waals surface area contributed by atoms with Crippen molar-refractivity contribution in [2.45, 2.75) is 308 Å². The summed E-state index contributed by atoms with van der Waals surface area (Å²) >= 11 is 0. The van der Waals surface area contributed by atoms with Crippen molar-refractivity contribution in [1.29, 1.82) is 0 Å². The van der Waals surface area contributed by atoms with Crippen molar-refractivity contribution in [2.24, 2.45) is 44.8 Å². The van der Waals surface area contributed by atoms with Crippen LogP contribution in [0, 0.1) is 44.8 Å². The molecule has 4 aliphatic heterocycles. The maximum Gasteiger partial charge on any atom is 0.312 e. The van der Waals surface area contributed by atoms with Crippen LogP contribution in [0.15, 0.2) is 0 Å². The Balaban J connectivity index is 0.000000512. The van der Waals surface area contributed by atoms with E-state index in [0.717, 1.165) is 142 Å². The zero-order valence-corrected chi connectivity index (χ0v) is 56.4. The fourth-order valence-electron chi connectivity index (χ4n) is 9.63. The molecule has 83 heavy (non-hydrogen) atoms. The van der Waals surface area contributed by atoms with E-state index in [1.165, 1.54) is 12.8 Å². The second kappa shape index (κ2) is 34.3. The molecule has 2 aliphatic carbocycles. The number of carbonyl (C=O) groups is 6. The van der Waals surface area contributed by atoms with Gasteiger partial charge in [-0.05, 0) is 225 Å². The van der Waals surface area contributed by atoms with E-state index >= 15 is 0 Å². The zero-order valence-electron chi connectivity index (χ0n) is 56.4. The maximum atomic E-state index is 12.4. The molecule has 0 aromatic heterocycles. The van der Waals surface area contributed by atoms with Gasteiger partial charge in [-0.2, -0.15) is 0 Å². The second-order valence-electron chi connectivity index (χ2n) is 28.6. The molecule has 16 nitrogen and oxygen atoms in total. The lowest BCUT2D eigenvalue weighted by Gasteiger charge is -2.37. The number of aliphatic carboxylic acids is 2. The van der Waals surface area contributed by atoms with E-state index < -0.39 is 39.4 Å². The summed E-state index contributed by atoms with van der Waals surface area (Å²) in [6.45, 7) is 45.0. The fourth-order valence-corrected chi connectivity index (χ4v) is 9.63. The molecule has 5 unspecified atom stereocenters. The highest BCUT2D eigenvalue weighted by molar-refractivity contribution is 5.78. The summed E-state index contributed by atoms with van der Waals surface area (Å²) in [6, 6.07) is 0. The molecule has 0 aromatic carbocycles. The Hall–Kier alpha value is -3.34. The SMILES string of the molecule is CCC(C)(C)C(=O)O.CCC(C)(C)C(=O)OC(C)(C)C1CCCO1.CCC(C)(C)C(=O)OC(C)(C)C1CCOC1.CCC(C)(C)C(=O)OC1(C2CCCO2)CCCC1.CCC(C)(C)C(=O)OC1(C2CCOC2)CCCC1.CCC(C)C(=O)O. The summed E-state index contributed by atoms with van der Waals surface area (Å²) in [6.07, 6.45) is 19.6. The van der Waals surface area contributed by atoms with E-state index in [4.69, 9.17) is 48.1 Å². The van der Waals surface area contributed by atoms with E-state index in [2.05, 4.69) is 0 Å². The van der Waals surface area contributed by atoms with Crippen LogP contribution < -0.4 is 0 Å². The average molecular weight is 1180 g/mol. The molecule has 0 amide bonds. The van der Waals surface area contributed by atoms with Crippen molar-refractivity contribution in [3.63, 3.8) is 0 Å². The number of rotatable bonds is 20. The third-order valence-corrected chi connectivity index (χ3v) is 19.3. The number of carbonyl (C=O) groups excluding carboxylic acids is 4. The third kappa shape index (κ3) is 24.4. The number of ether oxygens (including phenoxy) is 8. The van der Waals surface area contributed by atoms with Crippen molar-refractivity contribution in [3.05, 3.63) is 0 Å². The highest BCUT2D eigenvalue weighted by Gasteiger charge is 2.50. The first-order chi connectivity index (χ1) is 38.3. The number of hydrogen-bond donors (Lipinski definition) is 2. The molecule has 6 aliphatic rings. The Morgan fingerprint density at radius 3 is 1.19 bits per heavy atom. The monoisotopic (exact) mass is 1180 g/mol. The summed E-state index contributed by atoms with van der Waals surface area (Å²) in [5, 5.41) is 16.6. The highest BCUT2D eigenvalue weighted by Crippen LogP contribution is 2.45. The van der Waals surface area contributed by atoms with Gasteiger partial charge in [0.15, 0.2) is 0 Å². The van der Waals surface area contributed by atoms with Crippen LogP contribution in [0.4, 0.5) is 0 Å². The molecule has 0 radical (unpaired) electrons. The topological polar surface area (TPSA) is 217 Å². The van der Waals surface area contributed by atoms with Gasteiger partial charge in [0.2, 0.25) is 0 Å². The molecule has 4 heterocycles. The maximum absolute atomic E-state index is 12.4. The molecule has 16 heteroatoms. The van der Waals surface area contributed by atoms with Gasteiger partial charge < -0.3 is 48.1 Å². The molecular weight excluding hydrogens is 1060 g/mol. The summed E-state index contributed by atoms with van der Waals surface area (Å²) in [7, 11) is 0. The lowest BCUT2D eigenvalue weighted by atomic mass is 9.83. The lowest BCUT2D eigenvalue weighted by molar-refractivity contribution is -0.184. The fraction of sp³-hybridized carbons (Fsp3) is 0.910. The van der Waals surface area contributed by atoms with Gasteiger partial charge in [-0.1, -0.05) is 48.5 Å². The highest BCUT2D eigenvalue weighted by atomic mass is 16.6. The van der Waals surface area contributed by atoms with E-state index in [1.807, 2.05) is 125 Å². The minimum absolute atomic E-state index is 0.0289. The van der Waals surface area contributed by atoms with Gasteiger partial charge in [-0.3, -0.25) is 28.8 Å². The average Bonchev–Trinajstić information content (AvgIpc) is 4.52. The largest absolute Gasteiger partial charge is 0.481 e. The van der Waals surface area contributed by atoms with Crippen molar-refractivity contribution < 1.29 is 76.9 Å². The van der Waals surface area contributed by atoms with E-state index in [0.29, 0.717) is 24.9 Å². The van der Waals surface area contributed by atoms with Gasteiger partial charge in [0.25, 0.3) is 0 Å². The van der Waals surface area contributed by atoms with Crippen LogP contribution in [0.2, 0.25) is 0 Å². The molecule has 0 bridgehead atoms. The van der Waals surface area contributed by atoms with Gasteiger partial charge in [0.05, 0.1) is 58.4 Å². The molecule has 486 valence electrons. The van der Waals surface area contributed by atoms with Gasteiger partial charge in [-0.15, -0.1) is 0 Å². The lowest BCUT2D eigenvalue weighted by Crippen LogP contribution is -2.46. The van der Waals surface area contributed by atoms with Crippen LogP contribution >= 0.6 is 0 Å². The number of esters is 4. The van der Waals surface area contributed by atoms with Crippen molar-refractivity contribution in [1.82, 2.24) is 0 Å². The van der Waals surface area contributed by atoms with Gasteiger partial charge in [0, 0.05) is 38.3 Å². The molecular formula is C67H122O16. The first-order valence-electron chi connectivity index (χ1n) is 32.1. The van der Waals surface area contributed by atoms with Gasteiger partial charge in [-0.25, -0.2) is 0 Å². The summed E-state index contributed by atoms with van der Waals surface area (Å²) in [5.41, 5.74) is -3.56. The Labute approximate surface area is 503 Å². The number of carboxylic acid groups (broad SMARTS) is 2. The molecule has 0 aromatic rings. The number of hydrogen-bond acceptors (Lipinski definition) is 14. The van der Waals surface area contributed by atoms with E-state index in [-0.39, 0.29) is 64.0 Å². The quantitative estimate of drug-likeness (QED) is 0.0856. The Kier molecular flexibility index (Phi) is 32.1. The van der Waals surface area contributed by atoms with Crippen LogP contribution in [0.3, 0.4) is 0 Å². The molecule has 6 rings (SSSR count). The van der Waals surface area contributed by atoms with Crippen LogP contribution in [-0.2, 0) is 66.7 Å². The van der Waals surface area contributed by atoms with Crippen molar-refractivity contribution >= 4 is 35.8 Å². The van der Waals surface area contributed by atoms with Crippen LogP contribution in [0.25, 0.3) is 0 Å². The second-order valence-corrected chi connectivity index (χ2v) is 28.6. The first kappa shape index (κ1) is 77.7. The van der Waals surface area contributed by atoms with Gasteiger partial charge >= 0.3 is 35.8 Å². The molecule has 6 fully saturated rings. The van der Waals surface area contributed by atoms with E-state index in [9.17, 15) is 28.8 Å².